The highest BCUT2D eigenvalue weighted by Crippen LogP contribution is 2.31. The van der Waals surface area contributed by atoms with Gasteiger partial charge in [0, 0.05) is 22.7 Å². The topological polar surface area (TPSA) is 35.2 Å². The molecular formula is C15H12FNOS. The second kappa shape index (κ2) is 4.90. The number of nitrogen functional groups attached to an aromatic ring is 1. The van der Waals surface area contributed by atoms with Gasteiger partial charge < -0.3 is 10.5 Å². The zero-order valence-electron chi connectivity index (χ0n) is 10.1. The SMILES string of the molecule is Nc1cccc2c(COc3cccc(F)c3)csc12. The second-order valence-corrected chi connectivity index (χ2v) is 5.11. The zero-order valence-corrected chi connectivity index (χ0v) is 10.9. The van der Waals surface area contributed by atoms with Gasteiger partial charge in [0.1, 0.15) is 18.2 Å². The number of thiophene rings is 1. The first-order chi connectivity index (χ1) is 9.24. The summed E-state index contributed by atoms with van der Waals surface area (Å²) in [6, 6.07) is 12.0. The molecule has 2 nitrogen and oxygen atoms in total. The lowest BCUT2D eigenvalue weighted by Gasteiger charge is -2.05. The number of fused-ring (bicyclic) bond motifs is 1. The Bertz CT molecular complexity index is 723. The summed E-state index contributed by atoms with van der Waals surface area (Å²) in [5.74, 6) is 0.236. The molecule has 2 aromatic carbocycles. The molecule has 0 atom stereocenters. The number of hydrogen-bond acceptors (Lipinski definition) is 3. The summed E-state index contributed by atoms with van der Waals surface area (Å²) in [7, 11) is 0. The molecule has 0 unspecified atom stereocenters. The highest BCUT2D eigenvalue weighted by Gasteiger charge is 2.07. The molecular weight excluding hydrogens is 261 g/mol. The van der Waals surface area contributed by atoms with Crippen molar-refractivity contribution in [3.63, 3.8) is 0 Å². The molecule has 19 heavy (non-hydrogen) atoms. The fourth-order valence-electron chi connectivity index (χ4n) is 1.96. The van der Waals surface area contributed by atoms with Gasteiger partial charge in [0.05, 0.1) is 4.70 Å². The third kappa shape index (κ3) is 2.39. The van der Waals surface area contributed by atoms with E-state index in [0.717, 1.165) is 21.3 Å². The quantitative estimate of drug-likeness (QED) is 0.726. The fourth-order valence-corrected chi connectivity index (χ4v) is 2.95. The Kier molecular flexibility index (Phi) is 3.09. The smallest absolute Gasteiger partial charge is 0.126 e. The lowest BCUT2D eigenvalue weighted by Crippen LogP contribution is -1.94. The van der Waals surface area contributed by atoms with Gasteiger partial charge in [-0.2, -0.15) is 0 Å². The van der Waals surface area contributed by atoms with E-state index in [1.807, 2.05) is 23.6 Å². The van der Waals surface area contributed by atoms with Crippen LogP contribution in [0.3, 0.4) is 0 Å². The van der Waals surface area contributed by atoms with Gasteiger partial charge in [0.15, 0.2) is 0 Å². The van der Waals surface area contributed by atoms with E-state index in [1.165, 1.54) is 12.1 Å². The Morgan fingerprint density at radius 1 is 1.16 bits per heavy atom. The number of nitrogens with two attached hydrogens (primary N) is 1. The largest absolute Gasteiger partial charge is 0.489 e. The Morgan fingerprint density at radius 3 is 2.84 bits per heavy atom. The molecule has 1 heterocycles. The molecule has 0 saturated heterocycles. The van der Waals surface area contributed by atoms with Crippen molar-refractivity contribution in [3.05, 3.63) is 59.2 Å². The molecule has 2 N–H and O–H groups in total. The molecule has 0 aliphatic carbocycles. The Balaban J connectivity index is 1.84. The number of anilines is 1. The van der Waals surface area contributed by atoms with Crippen LogP contribution in [0.5, 0.6) is 5.75 Å². The van der Waals surface area contributed by atoms with Crippen LogP contribution in [0.25, 0.3) is 10.1 Å². The molecule has 0 spiro atoms. The van der Waals surface area contributed by atoms with Crippen molar-refractivity contribution in [1.29, 1.82) is 0 Å². The Morgan fingerprint density at radius 2 is 2.00 bits per heavy atom. The van der Waals surface area contributed by atoms with Crippen molar-refractivity contribution in [2.45, 2.75) is 6.61 Å². The minimum atomic E-state index is -0.295. The average Bonchev–Trinajstić information content (AvgIpc) is 2.81. The molecule has 4 heteroatoms. The third-order valence-corrected chi connectivity index (χ3v) is 3.99. The molecule has 1 aromatic heterocycles. The van der Waals surface area contributed by atoms with Crippen LogP contribution < -0.4 is 10.5 Å². The first kappa shape index (κ1) is 12.0. The van der Waals surface area contributed by atoms with Gasteiger partial charge in [-0.3, -0.25) is 0 Å². The van der Waals surface area contributed by atoms with E-state index in [1.54, 1.807) is 23.5 Å². The van der Waals surface area contributed by atoms with Crippen LogP contribution in [0.4, 0.5) is 10.1 Å². The van der Waals surface area contributed by atoms with Gasteiger partial charge in [-0.05, 0) is 23.6 Å². The lowest BCUT2D eigenvalue weighted by atomic mass is 10.2. The maximum absolute atomic E-state index is 13.0. The first-order valence-electron chi connectivity index (χ1n) is 5.87. The highest BCUT2D eigenvalue weighted by atomic mass is 32.1. The molecule has 0 fully saturated rings. The van der Waals surface area contributed by atoms with Crippen molar-refractivity contribution in [2.24, 2.45) is 0 Å². The van der Waals surface area contributed by atoms with Crippen LogP contribution >= 0.6 is 11.3 Å². The number of rotatable bonds is 3. The van der Waals surface area contributed by atoms with Gasteiger partial charge in [-0.15, -0.1) is 11.3 Å². The van der Waals surface area contributed by atoms with E-state index in [-0.39, 0.29) is 5.82 Å². The molecule has 0 bridgehead atoms. The summed E-state index contributed by atoms with van der Waals surface area (Å²) >= 11 is 1.60. The average molecular weight is 273 g/mol. The highest BCUT2D eigenvalue weighted by molar-refractivity contribution is 7.18. The standard InChI is InChI=1S/C15H12FNOS/c16-11-3-1-4-12(7-11)18-8-10-9-19-15-13(10)5-2-6-14(15)17/h1-7,9H,8,17H2. The summed E-state index contributed by atoms with van der Waals surface area (Å²) in [6.45, 7) is 0.410. The van der Waals surface area contributed by atoms with Gasteiger partial charge in [-0.1, -0.05) is 18.2 Å². The van der Waals surface area contributed by atoms with E-state index in [0.29, 0.717) is 12.4 Å². The number of ether oxygens (including phenoxy) is 1. The van der Waals surface area contributed by atoms with E-state index >= 15 is 0 Å². The molecule has 3 aromatic rings. The van der Waals surface area contributed by atoms with E-state index in [9.17, 15) is 4.39 Å². The third-order valence-electron chi connectivity index (χ3n) is 2.90. The Labute approximate surface area is 114 Å². The Hall–Kier alpha value is -2.07. The first-order valence-corrected chi connectivity index (χ1v) is 6.75. The van der Waals surface area contributed by atoms with Crippen LogP contribution in [0, 0.1) is 5.82 Å². The zero-order chi connectivity index (χ0) is 13.2. The van der Waals surface area contributed by atoms with E-state index < -0.39 is 0 Å². The number of benzene rings is 2. The fraction of sp³-hybridized carbons (Fsp3) is 0.0667. The number of hydrogen-bond donors (Lipinski definition) is 1. The normalized spacial score (nSPS) is 10.8. The van der Waals surface area contributed by atoms with Gasteiger partial charge in [0.25, 0.3) is 0 Å². The van der Waals surface area contributed by atoms with Gasteiger partial charge in [0.2, 0.25) is 0 Å². The molecule has 0 aliphatic rings. The minimum absolute atomic E-state index is 0.295. The predicted octanol–water partition coefficient (Wildman–Crippen LogP) is 4.20. The lowest BCUT2D eigenvalue weighted by molar-refractivity contribution is 0.306. The maximum atomic E-state index is 13.0. The van der Waals surface area contributed by atoms with E-state index in [2.05, 4.69) is 0 Å². The van der Waals surface area contributed by atoms with Crippen LogP contribution in [-0.4, -0.2) is 0 Å². The summed E-state index contributed by atoms with van der Waals surface area (Å²) < 4.78 is 19.7. The maximum Gasteiger partial charge on any atom is 0.126 e. The van der Waals surface area contributed by atoms with E-state index in [4.69, 9.17) is 10.5 Å². The number of halogens is 1. The molecule has 0 aliphatic heterocycles. The van der Waals surface area contributed by atoms with Crippen molar-refractivity contribution in [2.75, 3.05) is 5.73 Å². The molecule has 0 saturated carbocycles. The minimum Gasteiger partial charge on any atom is -0.489 e. The molecule has 0 amide bonds. The molecule has 3 rings (SSSR count). The predicted molar refractivity (Wildman–Crippen MR) is 77.0 cm³/mol. The van der Waals surface area contributed by atoms with Crippen LogP contribution in [-0.2, 0) is 6.61 Å². The monoisotopic (exact) mass is 273 g/mol. The van der Waals surface area contributed by atoms with Crippen LogP contribution in [0.2, 0.25) is 0 Å². The van der Waals surface area contributed by atoms with Gasteiger partial charge in [-0.25, -0.2) is 4.39 Å². The summed E-state index contributed by atoms with van der Waals surface area (Å²) in [5, 5.41) is 3.13. The summed E-state index contributed by atoms with van der Waals surface area (Å²) in [5.41, 5.74) is 7.76. The van der Waals surface area contributed by atoms with Crippen molar-refractivity contribution in [3.8, 4) is 5.75 Å². The van der Waals surface area contributed by atoms with Crippen LogP contribution in [0.1, 0.15) is 5.56 Å². The second-order valence-electron chi connectivity index (χ2n) is 4.23. The summed E-state index contributed by atoms with van der Waals surface area (Å²) in [6.07, 6.45) is 0. The molecule has 0 radical (unpaired) electrons. The van der Waals surface area contributed by atoms with Gasteiger partial charge >= 0.3 is 0 Å². The van der Waals surface area contributed by atoms with Crippen molar-refractivity contribution in [1.82, 2.24) is 0 Å². The molecule has 96 valence electrons. The van der Waals surface area contributed by atoms with Crippen molar-refractivity contribution < 1.29 is 9.13 Å². The van der Waals surface area contributed by atoms with Crippen LogP contribution in [0.15, 0.2) is 47.8 Å². The van der Waals surface area contributed by atoms with Crippen molar-refractivity contribution >= 4 is 27.1 Å². The summed E-state index contributed by atoms with van der Waals surface area (Å²) in [4.78, 5) is 0.